The van der Waals surface area contributed by atoms with Crippen LogP contribution in [0.4, 0.5) is 37.7 Å². The van der Waals surface area contributed by atoms with Gasteiger partial charge in [-0.2, -0.15) is 22.0 Å². The fourth-order valence-electron chi connectivity index (χ4n) is 4.29. The zero-order chi connectivity index (χ0) is 31.0. The number of aryl methyl sites for hydroxylation is 1. The Morgan fingerprint density at radius 1 is 1.19 bits per heavy atom. The van der Waals surface area contributed by atoms with Crippen LogP contribution in [0.25, 0.3) is 10.9 Å². The molecule has 0 saturated heterocycles. The summed E-state index contributed by atoms with van der Waals surface area (Å²) >= 11 is 6.56. The lowest BCUT2D eigenvalue weighted by Gasteiger charge is -2.29. The lowest BCUT2D eigenvalue weighted by molar-refractivity contribution is -0.206. The number of nitrogens with one attached hydrogen (secondary N) is 4. The van der Waals surface area contributed by atoms with Gasteiger partial charge in [-0.25, -0.2) is 9.37 Å². The van der Waals surface area contributed by atoms with Crippen LogP contribution < -0.4 is 21.6 Å². The first-order valence-electron chi connectivity index (χ1n) is 12.7. The molecule has 2 aromatic heterocycles. The molecule has 7 nitrogen and oxygen atoms in total. The second-order valence-corrected chi connectivity index (χ2v) is 10.9. The van der Waals surface area contributed by atoms with Crippen LogP contribution in [0.5, 0.6) is 0 Å². The number of hydrogen-bond acceptors (Lipinski definition) is 7. The second-order valence-electron chi connectivity index (χ2n) is 10.5. The number of aromatic nitrogens is 2. The molecule has 4 N–H and O–H groups in total. The highest BCUT2D eigenvalue weighted by Gasteiger charge is 2.47. The smallest absolute Gasteiger partial charge is 0.383 e. The van der Waals surface area contributed by atoms with Gasteiger partial charge in [-0.05, 0) is 45.9 Å². The highest BCUT2D eigenvalue weighted by atomic mass is 35.5. The minimum Gasteiger partial charge on any atom is -0.383 e. The predicted octanol–water partition coefficient (Wildman–Crippen LogP) is 6.69. The van der Waals surface area contributed by atoms with Gasteiger partial charge in [0.2, 0.25) is 11.9 Å². The number of hydrogen-bond donors (Lipinski definition) is 4. The molecular weight excluding hydrogens is 584 g/mol. The highest BCUT2D eigenvalue weighted by molar-refractivity contribution is 6.35. The summed E-state index contributed by atoms with van der Waals surface area (Å²) in [6.07, 6.45) is 2.48. The van der Waals surface area contributed by atoms with Crippen molar-refractivity contribution < 1.29 is 26.3 Å². The molecule has 0 bridgehead atoms. The number of halogens is 7. The Kier molecular flexibility index (Phi) is 8.71. The molecule has 1 aliphatic rings. The molecule has 0 saturated carbocycles. The monoisotopic (exact) mass is 611 g/mol. The Bertz CT molecular complexity index is 1570. The van der Waals surface area contributed by atoms with Crippen LogP contribution in [-0.4, -0.2) is 40.4 Å². The number of terminal acetylenes is 1. The van der Waals surface area contributed by atoms with E-state index in [1.165, 1.54) is 32.2 Å². The number of fused-ring (bicyclic) bond motifs is 1. The van der Waals surface area contributed by atoms with Crippen LogP contribution in [0.3, 0.4) is 0 Å². The Morgan fingerprint density at radius 2 is 1.90 bits per heavy atom. The molecule has 1 aliphatic heterocycles. The number of nitrogens with zero attached hydrogens (tertiary/aromatic N) is 3. The van der Waals surface area contributed by atoms with Crippen LogP contribution in [0.1, 0.15) is 43.6 Å². The molecular formula is C28H28ClF6N7. The largest absolute Gasteiger partial charge is 0.395 e. The van der Waals surface area contributed by atoms with Gasteiger partial charge in [-0.15, -0.1) is 12.0 Å². The molecule has 14 heteroatoms. The topological polar surface area (TPSA) is 77.1 Å². The summed E-state index contributed by atoms with van der Waals surface area (Å²) in [6, 6.07) is 3.70. The standard InChI is InChI=1S/C28H28ClF6N7/c1-6-16-12-36-23-19(22(16)37-13-27(4,5)28(33,34)35)9-17(10-20(23)29)39-24(18-7-8-21(31)38-15(18)3)25-26(32)42(41-40-25)14(2)11-30/h1,7-10,12,14,24,39-41H,11,13H2,2-5H3,(H,36,37)/t14-,24-/m0/s1. The fourth-order valence-corrected chi connectivity index (χ4v) is 4.55. The summed E-state index contributed by atoms with van der Waals surface area (Å²) in [5.74, 6) is 0.867. The maximum atomic E-state index is 15.6. The molecule has 1 aromatic carbocycles. The number of rotatable bonds is 9. The number of pyridine rings is 2. The Balaban J connectivity index is 1.83. The number of alkyl halides is 4. The molecule has 0 unspecified atom stereocenters. The quantitative estimate of drug-likeness (QED) is 0.0930. The first-order chi connectivity index (χ1) is 19.7. The van der Waals surface area contributed by atoms with E-state index in [0.717, 1.165) is 24.9 Å². The lowest BCUT2D eigenvalue weighted by Crippen LogP contribution is -2.44. The van der Waals surface area contributed by atoms with E-state index in [1.54, 1.807) is 6.07 Å². The third kappa shape index (κ3) is 6.00. The van der Waals surface area contributed by atoms with E-state index in [4.69, 9.17) is 18.0 Å². The minimum atomic E-state index is -4.49. The van der Waals surface area contributed by atoms with E-state index in [9.17, 15) is 22.0 Å². The van der Waals surface area contributed by atoms with Crippen LogP contribution >= 0.6 is 11.6 Å². The van der Waals surface area contributed by atoms with Crippen molar-refractivity contribution in [3.05, 3.63) is 69.9 Å². The molecule has 0 aliphatic carbocycles. The first-order valence-corrected chi connectivity index (χ1v) is 13.1. The summed E-state index contributed by atoms with van der Waals surface area (Å²) < 4.78 is 83.5. The zero-order valence-corrected chi connectivity index (χ0v) is 23.8. The van der Waals surface area contributed by atoms with Crippen molar-refractivity contribution in [2.45, 2.75) is 46.0 Å². The third-order valence-corrected chi connectivity index (χ3v) is 7.26. The third-order valence-electron chi connectivity index (χ3n) is 6.97. The van der Waals surface area contributed by atoms with Crippen molar-refractivity contribution in [2.75, 3.05) is 23.9 Å². The second kappa shape index (κ2) is 11.8. The van der Waals surface area contributed by atoms with E-state index in [1.807, 2.05) is 0 Å². The molecule has 224 valence electrons. The highest BCUT2D eigenvalue weighted by Crippen LogP contribution is 2.40. The van der Waals surface area contributed by atoms with Gasteiger partial charge in [0.1, 0.15) is 12.4 Å². The fraction of sp³-hybridized carbons (Fsp3) is 0.357. The van der Waals surface area contributed by atoms with Crippen LogP contribution in [0.15, 0.2) is 42.1 Å². The van der Waals surface area contributed by atoms with E-state index >= 15 is 4.39 Å². The van der Waals surface area contributed by atoms with Gasteiger partial charge < -0.3 is 16.1 Å². The van der Waals surface area contributed by atoms with Gasteiger partial charge in [0.15, 0.2) is 0 Å². The molecule has 42 heavy (non-hydrogen) atoms. The van der Waals surface area contributed by atoms with Crippen molar-refractivity contribution in [3.63, 3.8) is 0 Å². The van der Waals surface area contributed by atoms with Crippen molar-refractivity contribution in [1.82, 2.24) is 25.9 Å². The van der Waals surface area contributed by atoms with Gasteiger partial charge in [0, 0.05) is 35.1 Å². The molecule has 0 spiro atoms. The minimum absolute atomic E-state index is 0.0520. The van der Waals surface area contributed by atoms with Crippen molar-refractivity contribution in [3.8, 4) is 12.3 Å². The predicted molar refractivity (Wildman–Crippen MR) is 150 cm³/mol. The summed E-state index contributed by atoms with van der Waals surface area (Å²) in [5, 5.41) is 7.38. The average Bonchev–Trinajstić information content (AvgIpc) is 3.30. The van der Waals surface area contributed by atoms with Gasteiger partial charge in [0.25, 0.3) is 0 Å². The Labute approximate surface area is 243 Å². The van der Waals surface area contributed by atoms with Crippen LogP contribution in [-0.2, 0) is 0 Å². The molecule has 3 aromatic rings. The molecule has 3 heterocycles. The summed E-state index contributed by atoms with van der Waals surface area (Å²) in [7, 11) is 0. The number of anilines is 2. The first kappa shape index (κ1) is 31.1. The van der Waals surface area contributed by atoms with Gasteiger partial charge in [-0.1, -0.05) is 23.6 Å². The summed E-state index contributed by atoms with van der Waals surface area (Å²) in [6.45, 7) is 3.77. The summed E-state index contributed by atoms with van der Waals surface area (Å²) in [5.41, 5.74) is 4.73. The number of hydrazine groups is 2. The van der Waals surface area contributed by atoms with Crippen molar-refractivity contribution in [2.24, 2.45) is 5.41 Å². The molecule has 4 rings (SSSR count). The zero-order valence-electron chi connectivity index (χ0n) is 23.0. The van der Waals surface area contributed by atoms with Crippen molar-refractivity contribution >= 4 is 33.9 Å². The maximum Gasteiger partial charge on any atom is 0.395 e. The summed E-state index contributed by atoms with van der Waals surface area (Å²) in [4.78, 5) is 8.13. The normalized spacial score (nSPS) is 15.4. The van der Waals surface area contributed by atoms with Gasteiger partial charge >= 0.3 is 6.18 Å². The molecule has 0 radical (unpaired) electrons. The van der Waals surface area contributed by atoms with E-state index in [0.29, 0.717) is 16.6 Å². The van der Waals surface area contributed by atoms with Crippen LogP contribution in [0, 0.1) is 30.6 Å². The molecule has 0 fully saturated rings. The van der Waals surface area contributed by atoms with Gasteiger partial charge in [0.05, 0.1) is 39.3 Å². The van der Waals surface area contributed by atoms with E-state index in [-0.39, 0.29) is 33.2 Å². The van der Waals surface area contributed by atoms with Gasteiger partial charge in [-0.3, -0.25) is 9.99 Å². The Hall–Kier alpha value is -3.89. The Morgan fingerprint density at radius 3 is 2.52 bits per heavy atom. The SMILES string of the molecule is C#Cc1cnc2c(Cl)cc(N[C@H](C3=C(F)N([C@@H](C)CF)NN3)c3ccc(F)nc3C)cc2c1NCC(C)(C)C(F)(F)F. The lowest BCUT2D eigenvalue weighted by atomic mass is 9.92. The number of benzene rings is 1. The van der Waals surface area contributed by atoms with Crippen molar-refractivity contribution in [1.29, 1.82) is 0 Å². The maximum absolute atomic E-state index is 15.6. The van der Waals surface area contributed by atoms with E-state index in [2.05, 4.69) is 37.5 Å². The molecule has 0 amide bonds. The van der Waals surface area contributed by atoms with E-state index < -0.39 is 48.8 Å². The van der Waals surface area contributed by atoms with Crippen LogP contribution in [0.2, 0.25) is 5.02 Å². The molecule has 2 atom stereocenters. The average molecular weight is 612 g/mol.